The second kappa shape index (κ2) is 8.98. The summed E-state index contributed by atoms with van der Waals surface area (Å²) in [6.45, 7) is 4.32. The van der Waals surface area contributed by atoms with Crippen molar-refractivity contribution in [1.29, 1.82) is 0 Å². The van der Waals surface area contributed by atoms with Crippen LogP contribution in [0.3, 0.4) is 0 Å². The molecule has 0 aliphatic carbocycles. The van der Waals surface area contributed by atoms with Gasteiger partial charge < -0.3 is 14.6 Å². The molecule has 2 aromatic carbocycles. The smallest absolute Gasteiger partial charge is 0.227 e. The number of amides is 1. The van der Waals surface area contributed by atoms with Gasteiger partial charge in [0.05, 0.1) is 12.6 Å². The molecule has 0 aliphatic rings. The quantitative estimate of drug-likeness (QED) is 0.660. The van der Waals surface area contributed by atoms with Gasteiger partial charge in [-0.1, -0.05) is 47.6 Å². The largest absolute Gasteiger partial charge is 0.494 e. The molecule has 0 bridgehead atoms. The van der Waals surface area contributed by atoms with Crippen LogP contribution in [0.15, 0.2) is 59.1 Å². The predicted octanol–water partition coefficient (Wildman–Crippen LogP) is 3.62. The predicted molar refractivity (Wildman–Crippen MR) is 101 cm³/mol. The van der Waals surface area contributed by atoms with Crippen molar-refractivity contribution >= 4 is 5.91 Å². The molecule has 0 spiro atoms. The van der Waals surface area contributed by atoms with Crippen LogP contribution in [0.4, 0.5) is 0 Å². The maximum atomic E-state index is 12.5. The molecule has 3 rings (SSSR count). The zero-order valence-electron chi connectivity index (χ0n) is 15.5. The average Bonchev–Trinajstić information content (AvgIpc) is 3.11. The number of ether oxygens (including phenoxy) is 1. The molecule has 27 heavy (non-hydrogen) atoms. The van der Waals surface area contributed by atoms with Crippen LogP contribution >= 0.6 is 0 Å². The fourth-order valence-electron chi connectivity index (χ4n) is 2.82. The Morgan fingerprint density at radius 1 is 1.11 bits per heavy atom. The summed E-state index contributed by atoms with van der Waals surface area (Å²) in [7, 11) is 0. The molecule has 0 saturated carbocycles. The van der Waals surface area contributed by atoms with E-state index in [2.05, 4.69) is 15.5 Å². The number of nitrogens with zero attached hydrogens (tertiary/aromatic N) is 2. The third-order valence-electron chi connectivity index (χ3n) is 4.10. The number of nitrogens with one attached hydrogen (secondary N) is 1. The molecular weight excluding hydrogens is 342 g/mol. The summed E-state index contributed by atoms with van der Waals surface area (Å²) in [6.07, 6.45) is 0.694. The molecule has 1 N–H and O–H groups in total. The van der Waals surface area contributed by atoms with Gasteiger partial charge in [0.15, 0.2) is 5.82 Å². The highest BCUT2D eigenvalue weighted by Crippen LogP contribution is 2.24. The van der Waals surface area contributed by atoms with Crippen LogP contribution in [0.1, 0.15) is 42.2 Å². The van der Waals surface area contributed by atoms with Gasteiger partial charge in [-0.15, -0.1) is 0 Å². The number of carbonyl (C=O) groups excluding carboxylic acids is 1. The Morgan fingerprint density at radius 3 is 2.44 bits per heavy atom. The minimum atomic E-state index is -0.237. The van der Waals surface area contributed by atoms with Crippen molar-refractivity contribution in [3.63, 3.8) is 0 Å². The van der Waals surface area contributed by atoms with Gasteiger partial charge in [-0.3, -0.25) is 4.79 Å². The molecule has 1 amide bonds. The first-order valence-electron chi connectivity index (χ1n) is 9.02. The van der Waals surface area contributed by atoms with E-state index in [0.717, 1.165) is 16.9 Å². The highest BCUT2D eigenvalue weighted by atomic mass is 16.5. The Hall–Kier alpha value is -3.15. The van der Waals surface area contributed by atoms with Crippen LogP contribution in [-0.2, 0) is 11.2 Å². The van der Waals surface area contributed by atoms with E-state index in [1.807, 2.05) is 61.5 Å². The van der Waals surface area contributed by atoms with E-state index in [1.54, 1.807) is 6.92 Å². The molecule has 6 heteroatoms. The van der Waals surface area contributed by atoms with Crippen molar-refractivity contribution in [2.24, 2.45) is 0 Å². The van der Waals surface area contributed by atoms with Crippen molar-refractivity contribution in [2.75, 3.05) is 6.61 Å². The van der Waals surface area contributed by atoms with E-state index in [0.29, 0.717) is 24.7 Å². The number of rotatable bonds is 8. The Morgan fingerprint density at radius 2 is 1.81 bits per heavy atom. The summed E-state index contributed by atoms with van der Waals surface area (Å²) in [5.74, 6) is 1.78. The Labute approximate surface area is 158 Å². The lowest BCUT2D eigenvalue weighted by atomic mass is 9.98. The summed E-state index contributed by atoms with van der Waals surface area (Å²) < 4.78 is 10.6. The molecule has 1 heterocycles. The lowest BCUT2D eigenvalue weighted by Gasteiger charge is -2.20. The number of aryl methyl sites for hydroxylation is 2. The molecule has 0 aliphatic heterocycles. The number of benzene rings is 2. The van der Waals surface area contributed by atoms with Gasteiger partial charge in [0.25, 0.3) is 0 Å². The molecule has 0 radical (unpaired) electrons. The zero-order chi connectivity index (χ0) is 19.1. The van der Waals surface area contributed by atoms with Crippen LogP contribution in [0.2, 0.25) is 0 Å². The third kappa shape index (κ3) is 5.17. The molecule has 6 nitrogen and oxygen atoms in total. The first kappa shape index (κ1) is 18.6. The molecule has 1 unspecified atom stereocenters. The molecule has 1 atom stereocenters. The number of hydrogen-bond acceptors (Lipinski definition) is 5. The van der Waals surface area contributed by atoms with Crippen LogP contribution in [-0.4, -0.2) is 22.7 Å². The fraction of sp³-hybridized carbons (Fsp3) is 0.286. The van der Waals surface area contributed by atoms with E-state index in [9.17, 15) is 4.79 Å². The zero-order valence-corrected chi connectivity index (χ0v) is 15.5. The molecule has 140 valence electrons. The summed E-state index contributed by atoms with van der Waals surface area (Å²) in [5, 5.41) is 6.85. The van der Waals surface area contributed by atoms with Crippen molar-refractivity contribution in [1.82, 2.24) is 15.5 Å². The number of aromatic nitrogens is 2. The van der Waals surface area contributed by atoms with Gasteiger partial charge >= 0.3 is 0 Å². The second-order valence-corrected chi connectivity index (χ2v) is 6.15. The Bertz CT molecular complexity index is 860. The van der Waals surface area contributed by atoms with E-state index >= 15 is 0 Å². The second-order valence-electron chi connectivity index (χ2n) is 6.15. The standard InChI is InChI=1S/C21H23N3O3/c1-3-26-18-11-9-17(10-12-18)21(16-7-5-4-6-8-16)23-19(25)13-14-20-22-15(2)24-27-20/h4-12,21H,3,13-14H2,1-2H3,(H,23,25). The first-order chi connectivity index (χ1) is 13.2. The Kier molecular flexibility index (Phi) is 6.20. The van der Waals surface area contributed by atoms with Gasteiger partial charge in [-0.05, 0) is 37.1 Å². The normalized spacial score (nSPS) is 11.8. The summed E-state index contributed by atoms with van der Waals surface area (Å²) in [5.41, 5.74) is 2.01. The summed E-state index contributed by atoms with van der Waals surface area (Å²) in [6, 6.07) is 17.4. The number of hydrogen-bond donors (Lipinski definition) is 1. The van der Waals surface area contributed by atoms with E-state index in [4.69, 9.17) is 9.26 Å². The van der Waals surface area contributed by atoms with E-state index < -0.39 is 0 Å². The van der Waals surface area contributed by atoms with Crippen molar-refractivity contribution in [3.8, 4) is 5.75 Å². The third-order valence-corrected chi connectivity index (χ3v) is 4.10. The van der Waals surface area contributed by atoms with Gasteiger partial charge in [0.1, 0.15) is 5.75 Å². The van der Waals surface area contributed by atoms with Gasteiger partial charge in [0, 0.05) is 12.8 Å². The van der Waals surface area contributed by atoms with Crippen molar-refractivity contribution in [3.05, 3.63) is 77.4 Å². The monoisotopic (exact) mass is 365 g/mol. The summed E-state index contributed by atoms with van der Waals surface area (Å²) >= 11 is 0. The fourth-order valence-corrected chi connectivity index (χ4v) is 2.82. The molecule has 0 fully saturated rings. The maximum absolute atomic E-state index is 12.5. The minimum absolute atomic E-state index is 0.0754. The van der Waals surface area contributed by atoms with Crippen LogP contribution < -0.4 is 10.1 Å². The van der Waals surface area contributed by atoms with Crippen LogP contribution in [0.5, 0.6) is 5.75 Å². The number of carbonyl (C=O) groups is 1. The van der Waals surface area contributed by atoms with E-state index in [1.165, 1.54) is 0 Å². The van der Waals surface area contributed by atoms with Gasteiger partial charge in [0.2, 0.25) is 11.8 Å². The highest BCUT2D eigenvalue weighted by Gasteiger charge is 2.17. The Balaban J connectivity index is 1.73. The summed E-state index contributed by atoms with van der Waals surface area (Å²) in [4.78, 5) is 16.7. The molecular formula is C21H23N3O3. The van der Waals surface area contributed by atoms with Crippen LogP contribution in [0, 0.1) is 6.92 Å². The van der Waals surface area contributed by atoms with Gasteiger partial charge in [-0.2, -0.15) is 4.98 Å². The first-order valence-corrected chi connectivity index (χ1v) is 9.02. The topological polar surface area (TPSA) is 77.2 Å². The molecule has 3 aromatic rings. The molecule has 0 saturated heterocycles. The maximum Gasteiger partial charge on any atom is 0.227 e. The van der Waals surface area contributed by atoms with Crippen molar-refractivity contribution < 1.29 is 14.1 Å². The minimum Gasteiger partial charge on any atom is -0.494 e. The lowest BCUT2D eigenvalue weighted by Crippen LogP contribution is -2.29. The van der Waals surface area contributed by atoms with Crippen molar-refractivity contribution in [2.45, 2.75) is 32.7 Å². The van der Waals surface area contributed by atoms with Crippen LogP contribution in [0.25, 0.3) is 0 Å². The highest BCUT2D eigenvalue weighted by molar-refractivity contribution is 5.77. The lowest BCUT2D eigenvalue weighted by molar-refractivity contribution is -0.121. The molecule has 1 aromatic heterocycles. The van der Waals surface area contributed by atoms with Gasteiger partial charge in [-0.25, -0.2) is 0 Å². The van der Waals surface area contributed by atoms with E-state index in [-0.39, 0.29) is 18.4 Å². The SMILES string of the molecule is CCOc1ccc(C(NC(=O)CCc2nc(C)no2)c2ccccc2)cc1. The average molecular weight is 365 g/mol.